The van der Waals surface area contributed by atoms with Gasteiger partial charge in [0.25, 0.3) is 5.91 Å². The van der Waals surface area contributed by atoms with Crippen LogP contribution in [0.2, 0.25) is 0 Å². The Labute approximate surface area is 114 Å². The molecule has 2 heterocycles. The van der Waals surface area contributed by atoms with E-state index in [-0.39, 0.29) is 5.91 Å². The first kappa shape index (κ1) is 13.8. The molecule has 2 unspecified atom stereocenters. The molecule has 1 amide bonds. The Hall–Kier alpha value is -1.62. The number of hydrogen-bond donors (Lipinski definition) is 1. The van der Waals surface area contributed by atoms with Gasteiger partial charge in [-0.25, -0.2) is 0 Å². The lowest BCUT2D eigenvalue weighted by Gasteiger charge is -2.42. The van der Waals surface area contributed by atoms with Crippen molar-refractivity contribution in [1.29, 1.82) is 0 Å². The van der Waals surface area contributed by atoms with Crippen LogP contribution in [0.5, 0.6) is 0 Å². The third-order valence-electron chi connectivity index (χ3n) is 3.97. The molecule has 0 aliphatic carbocycles. The van der Waals surface area contributed by atoms with Gasteiger partial charge in [-0.15, -0.1) is 0 Å². The van der Waals surface area contributed by atoms with Crippen LogP contribution in [0.25, 0.3) is 0 Å². The van der Waals surface area contributed by atoms with Crippen LogP contribution >= 0.6 is 0 Å². The summed E-state index contributed by atoms with van der Waals surface area (Å²) in [5, 5.41) is 3.03. The van der Waals surface area contributed by atoms with E-state index in [1.807, 2.05) is 11.9 Å². The molecule has 0 bridgehead atoms. The Morgan fingerprint density at radius 2 is 2.00 bits per heavy atom. The van der Waals surface area contributed by atoms with Crippen molar-refractivity contribution in [2.24, 2.45) is 0 Å². The zero-order valence-corrected chi connectivity index (χ0v) is 12.1. The number of aromatic nitrogens is 1. The zero-order valence-electron chi connectivity index (χ0n) is 12.1. The molecule has 19 heavy (non-hydrogen) atoms. The average Bonchev–Trinajstić information content (AvgIpc) is 2.43. The van der Waals surface area contributed by atoms with Crippen LogP contribution in [-0.4, -0.2) is 60.0 Å². The molecule has 1 aliphatic heterocycles. The number of amides is 1. The fraction of sp³-hybridized carbons (Fsp3) is 0.571. The summed E-state index contributed by atoms with van der Waals surface area (Å²) in [7, 11) is 3.92. The van der Waals surface area contributed by atoms with Crippen molar-refractivity contribution in [3.8, 4) is 0 Å². The third-order valence-corrected chi connectivity index (χ3v) is 3.97. The van der Waals surface area contributed by atoms with E-state index in [9.17, 15) is 4.79 Å². The molecule has 104 valence electrons. The maximum Gasteiger partial charge on any atom is 0.256 e. The summed E-state index contributed by atoms with van der Waals surface area (Å²) in [6.07, 6.45) is 3.35. The van der Waals surface area contributed by atoms with Crippen molar-refractivity contribution < 1.29 is 4.79 Å². The van der Waals surface area contributed by atoms with Gasteiger partial charge in [0.2, 0.25) is 0 Å². The molecule has 0 radical (unpaired) electrons. The highest BCUT2D eigenvalue weighted by atomic mass is 16.2. The number of likely N-dealkylation sites (N-methyl/N-ethyl adjacent to an activating group) is 1. The smallest absolute Gasteiger partial charge is 0.256 e. The first-order valence-corrected chi connectivity index (χ1v) is 6.67. The fourth-order valence-corrected chi connectivity index (χ4v) is 2.52. The highest BCUT2D eigenvalue weighted by molar-refractivity contribution is 5.99. The van der Waals surface area contributed by atoms with Gasteiger partial charge in [0.15, 0.2) is 0 Å². The Morgan fingerprint density at radius 3 is 2.58 bits per heavy atom. The molecule has 1 aromatic heterocycles. The second kappa shape index (κ2) is 5.57. The second-order valence-electron chi connectivity index (χ2n) is 5.24. The minimum absolute atomic E-state index is 0.0820. The summed E-state index contributed by atoms with van der Waals surface area (Å²) in [6.45, 7) is 5.85. The number of pyridine rings is 1. The average molecular weight is 262 g/mol. The van der Waals surface area contributed by atoms with E-state index in [0.717, 1.165) is 18.8 Å². The van der Waals surface area contributed by atoms with Crippen LogP contribution in [0.15, 0.2) is 18.5 Å². The second-order valence-corrected chi connectivity index (χ2v) is 5.24. The molecule has 1 saturated heterocycles. The molecule has 5 heteroatoms. The number of hydrogen-bond acceptors (Lipinski definition) is 4. The van der Waals surface area contributed by atoms with Gasteiger partial charge >= 0.3 is 0 Å². The topological polar surface area (TPSA) is 48.5 Å². The lowest BCUT2D eigenvalue weighted by molar-refractivity contribution is 0.0415. The van der Waals surface area contributed by atoms with Gasteiger partial charge in [-0.3, -0.25) is 14.7 Å². The van der Waals surface area contributed by atoms with E-state index in [4.69, 9.17) is 0 Å². The zero-order chi connectivity index (χ0) is 14.0. The molecule has 0 aromatic carbocycles. The van der Waals surface area contributed by atoms with Gasteiger partial charge in [-0.2, -0.15) is 0 Å². The molecular weight excluding hydrogens is 240 g/mol. The molecule has 0 saturated carbocycles. The van der Waals surface area contributed by atoms with E-state index >= 15 is 0 Å². The summed E-state index contributed by atoms with van der Waals surface area (Å²) < 4.78 is 0. The van der Waals surface area contributed by atoms with E-state index < -0.39 is 0 Å². The van der Waals surface area contributed by atoms with Crippen LogP contribution in [0.3, 0.4) is 0 Å². The molecular formula is C14H22N4O. The number of carbonyl (C=O) groups excluding carboxylic acids is 1. The van der Waals surface area contributed by atoms with Gasteiger partial charge in [0, 0.05) is 38.4 Å². The summed E-state index contributed by atoms with van der Waals surface area (Å²) in [4.78, 5) is 20.9. The summed E-state index contributed by atoms with van der Waals surface area (Å²) in [5.41, 5.74) is 1.48. The van der Waals surface area contributed by atoms with Crippen molar-refractivity contribution in [3.05, 3.63) is 24.0 Å². The van der Waals surface area contributed by atoms with E-state index in [1.165, 1.54) is 0 Å². The third kappa shape index (κ3) is 2.71. The number of nitrogens with zero attached hydrogens (tertiary/aromatic N) is 3. The molecule has 1 aliphatic rings. The van der Waals surface area contributed by atoms with Crippen molar-refractivity contribution in [2.75, 3.05) is 32.5 Å². The van der Waals surface area contributed by atoms with E-state index in [0.29, 0.717) is 17.6 Å². The fourth-order valence-electron chi connectivity index (χ4n) is 2.52. The number of piperazine rings is 1. The Kier molecular flexibility index (Phi) is 4.04. The molecule has 0 spiro atoms. The lowest BCUT2D eigenvalue weighted by Crippen LogP contribution is -2.56. The van der Waals surface area contributed by atoms with Gasteiger partial charge in [-0.05, 0) is 27.0 Å². The predicted molar refractivity (Wildman–Crippen MR) is 76.4 cm³/mol. The molecule has 5 nitrogen and oxygen atoms in total. The maximum atomic E-state index is 12.6. The summed E-state index contributed by atoms with van der Waals surface area (Å²) >= 11 is 0. The van der Waals surface area contributed by atoms with Crippen LogP contribution < -0.4 is 5.32 Å². The van der Waals surface area contributed by atoms with Crippen molar-refractivity contribution in [3.63, 3.8) is 0 Å². The Morgan fingerprint density at radius 1 is 1.37 bits per heavy atom. The van der Waals surface area contributed by atoms with Gasteiger partial charge in [-0.1, -0.05) is 0 Å². The Bertz CT molecular complexity index is 451. The first-order chi connectivity index (χ1) is 9.04. The SMILES string of the molecule is CNc1cnccc1C(=O)N1CC(C)N(C)C(C)C1. The number of anilines is 1. The normalized spacial score (nSPS) is 24.3. The summed E-state index contributed by atoms with van der Waals surface area (Å²) in [6, 6.07) is 2.54. The predicted octanol–water partition coefficient (Wildman–Crippen LogP) is 1.29. The van der Waals surface area contributed by atoms with Crippen LogP contribution in [0, 0.1) is 0 Å². The minimum Gasteiger partial charge on any atom is -0.386 e. The molecule has 1 fully saturated rings. The molecule has 1 N–H and O–H groups in total. The maximum absolute atomic E-state index is 12.6. The van der Waals surface area contributed by atoms with Gasteiger partial charge < -0.3 is 10.2 Å². The van der Waals surface area contributed by atoms with Gasteiger partial charge in [0.05, 0.1) is 17.4 Å². The van der Waals surface area contributed by atoms with Gasteiger partial charge in [0.1, 0.15) is 0 Å². The number of nitrogens with one attached hydrogen (secondary N) is 1. The standard InChI is InChI=1S/C14H22N4O/c1-10-8-18(9-11(2)17(10)4)14(19)12-5-6-16-7-13(12)15-3/h5-7,10-11,15H,8-9H2,1-4H3. The first-order valence-electron chi connectivity index (χ1n) is 6.67. The highest BCUT2D eigenvalue weighted by Crippen LogP contribution is 2.19. The largest absolute Gasteiger partial charge is 0.386 e. The van der Waals surface area contributed by atoms with Crippen molar-refractivity contribution in [2.45, 2.75) is 25.9 Å². The van der Waals surface area contributed by atoms with Crippen LogP contribution in [0.1, 0.15) is 24.2 Å². The number of rotatable bonds is 2. The molecule has 2 atom stereocenters. The van der Waals surface area contributed by atoms with E-state index in [1.54, 1.807) is 18.5 Å². The monoisotopic (exact) mass is 262 g/mol. The highest BCUT2D eigenvalue weighted by Gasteiger charge is 2.30. The van der Waals surface area contributed by atoms with Crippen molar-refractivity contribution in [1.82, 2.24) is 14.8 Å². The summed E-state index contributed by atoms with van der Waals surface area (Å²) in [5.74, 6) is 0.0820. The van der Waals surface area contributed by atoms with E-state index in [2.05, 4.69) is 36.1 Å². The van der Waals surface area contributed by atoms with Crippen molar-refractivity contribution >= 4 is 11.6 Å². The van der Waals surface area contributed by atoms with Crippen LogP contribution in [-0.2, 0) is 0 Å². The molecule has 2 rings (SSSR count). The lowest BCUT2D eigenvalue weighted by atomic mass is 10.1. The number of carbonyl (C=O) groups is 1. The minimum atomic E-state index is 0.0820. The Balaban J connectivity index is 2.20. The van der Waals surface area contributed by atoms with Crippen LogP contribution in [0.4, 0.5) is 5.69 Å². The molecule has 1 aromatic rings. The quantitative estimate of drug-likeness (QED) is 0.872.